The molecule has 1 saturated heterocycles. The highest BCUT2D eigenvalue weighted by molar-refractivity contribution is 5.67. The third-order valence-electron chi connectivity index (χ3n) is 5.37. The summed E-state index contributed by atoms with van der Waals surface area (Å²) in [6.07, 6.45) is 9.59. The molecule has 0 aromatic carbocycles. The Morgan fingerprint density at radius 3 is 2.42 bits per heavy atom. The maximum atomic E-state index is 11.1. The first-order chi connectivity index (χ1) is 8.99. The molecular weight excluding hydrogens is 238 g/mol. The molecule has 2 rings (SSSR count). The fraction of sp³-hybridized carbons (Fsp3) is 0.938. The lowest BCUT2D eigenvalue weighted by molar-refractivity contribution is -0.140. The molecule has 0 aromatic rings. The number of hydrogen-bond donors (Lipinski definition) is 1. The molecule has 1 unspecified atom stereocenters. The van der Waals surface area contributed by atoms with Gasteiger partial charge in [0.15, 0.2) is 0 Å². The molecule has 1 aliphatic heterocycles. The number of piperidine rings is 1. The van der Waals surface area contributed by atoms with Crippen LogP contribution < -0.4 is 0 Å². The van der Waals surface area contributed by atoms with Crippen molar-refractivity contribution in [2.45, 2.75) is 71.3 Å². The predicted octanol–water partition coefficient (Wildman–Crippen LogP) is 3.53. The van der Waals surface area contributed by atoms with E-state index in [1.807, 2.05) is 0 Å². The van der Waals surface area contributed by atoms with Gasteiger partial charge < -0.3 is 10.0 Å². The second-order valence-corrected chi connectivity index (χ2v) is 7.17. The van der Waals surface area contributed by atoms with Crippen molar-refractivity contribution >= 4 is 5.97 Å². The van der Waals surface area contributed by atoms with E-state index in [2.05, 4.69) is 18.7 Å². The van der Waals surface area contributed by atoms with Gasteiger partial charge in [0.1, 0.15) is 0 Å². The van der Waals surface area contributed by atoms with Crippen molar-refractivity contribution in [2.75, 3.05) is 13.1 Å². The van der Waals surface area contributed by atoms with Crippen LogP contribution in [0.25, 0.3) is 0 Å². The van der Waals surface area contributed by atoms with Crippen LogP contribution in [-0.2, 0) is 4.79 Å². The summed E-state index contributed by atoms with van der Waals surface area (Å²) in [4.78, 5) is 13.7. The first kappa shape index (κ1) is 14.8. The monoisotopic (exact) mass is 267 g/mol. The van der Waals surface area contributed by atoms with E-state index in [-0.39, 0.29) is 5.41 Å². The van der Waals surface area contributed by atoms with E-state index < -0.39 is 5.97 Å². The molecule has 3 heteroatoms. The van der Waals surface area contributed by atoms with Crippen molar-refractivity contribution in [2.24, 2.45) is 11.3 Å². The summed E-state index contributed by atoms with van der Waals surface area (Å²) in [6, 6.07) is 0.717. The molecule has 2 fully saturated rings. The largest absolute Gasteiger partial charge is 0.481 e. The van der Waals surface area contributed by atoms with E-state index in [0.29, 0.717) is 12.3 Å². The van der Waals surface area contributed by atoms with Crippen LogP contribution in [-0.4, -0.2) is 35.1 Å². The van der Waals surface area contributed by atoms with Crippen molar-refractivity contribution in [3.63, 3.8) is 0 Å². The Kier molecular flexibility index (Phi) is 4.88. The molecule has 1 heterocycles. The van der Waals surface area contributed by atoms with Gasteiger partial charge in [-0.1, -0.05) is 39.5 Å². The van der Waals surface area contributed by atoms with E-state index in [0.717, 1.165) is 25.6 Å². The molecule has 1 saturated carbocycles. The standard InChI is InChI=1S/C16H29NO2/c1-16(2)9-10-17(12-13(16)11-15(18)19)14-7-5-3-4-6-8-14/h13-14H,3-12H2,1-2H3,(H,18,19). The number of hydrogen-bond acceptors (Lipinski definition) is 2. The smallest absolute Gasteiger partial charge is 0.303 e. The number of likely N-dealkylation sites (tertiary alicyclic amines) is 1. The summed E-state index contributed by atoms with van der Waals surface area (Å²) in [6.45, 7) is 6.63. The highest BCUT2D eigenvalue weighted by Gasteiger charge is 2.38. The van der Waals surface area contributed by atoms with Crippen LogP contribution in [0.2, 0.25) is 0 Å². The Morgan fingerprint density at radius 2 is 1.84 bits per heavy atom. The summed E-state index contributed by atoms with van der Waals surface area (Å²) in [7, 11) is 0. The lowest BCUT2D eigenvalue weighted by atomic mass is 9.71. The van der Waals surface area contributed by atoms with Gasteiger partial charge in [0.05, 0.1) is 0 Å². The first-order valence-electron chi connectivity index (χ1n) is 7.95. The SMILES string of the molecule is CC1(C)CCN(C2CCCCCC2)CC1CC(=O)O. The van der Waals surface area contributed by atoms with E-state index in [1.165, 1.54) is 38.5 Å². The Balaban J connectivity index is 1.98. The van der Waals surface area contributed by atoms with Gasteiger partial charge in [-0.3, -0.25) is 4.79 Å². The molecule has 1 atom stereocenters. The Morgan fingerprint density at radius 1 is 1.21 bits per heavy atom. The van der Waals surface area contributed by atoms with Gasteiger partial charge >= 0.3 is 5.97 Å². The Hall–Kier alpha value is -0.570. The van der Waals surface area contributed by atoms with E-state index in [9.17, 15) is 4.79 Å². The van der Waals surface area contributed by atoms with Crippen molar-refractivity contribution in [1.82, 2.24) is 4.90 Å². The van der Waals surface area contributed by atoms with Gasteiger partial charge in [-0.05, 0) is 37.1 Å². The highest BCUT2D eigenvalue weighted by atomic mass is 16.4. The van der Waals surface area contributed by atoms with Crippen LogP contribution in [0.15, 0.2) is 0 Å². The first-order valence-corrected chi connectivity index (χ1v) is 7.95. The van der Waals surface area contributed by atoms with Gasteiger partial charge in [-0.2, -0.15) is 0 Å². The number of carboxylic acids is 1. The molecule has 2 aliphatic rings. The van der Waals surface area contributed by atoms with Gasteiger partial charge in [0.2, 0.25) is 0 Å². The van der Waals surface area contributed by atoms with Crippen molar-refractivity contribution in [1.29, 1.82) is 0 Å². The fourth-order valence-electron chi connectivity index (χ4n) is 3.76. The predicted molar refractivity (Wildman–Crippen MR) is 77.2 cm³/mol. The van der Waals surface area contributed by atoms with Crippen LogP contribution in [0.1, 0.15) is 65.2 Å². The number of carbonyl (C=O) groups is 1. The lowest BCUT2D eigenvalue weighted by Crippen LogP contribution is -2.49. The number of carboxylic acid groups (broad SMARTS) is 1. The Bertz CT molecular complexity index is 306. The fourth-order valence-corrected chi connectivity index (χ4v) is 3.76. The molecule has 1 aliphatic carbocycles. The summed E-state index contributed by atoms with van der Waals surface area (Å²) in [5.74, 6) is -0.331. The summed E-state index contributed by atoms with van der Waals surface area (Å²) in [5.41, 5.74) is 0.180. The van der Waals surface area contributed by atoms with Gasteiger partial charge in [0, 0.05) is 19.0 Å². The maximum Gasteiger partial charge on any atom is 0.303 e. The maximum absolute atomic E-state index is 11.1. The van der Waals surface area contributed by atoms with Crippen molar-refractivity contribution in [3.05, 3.63) is 0 Å². The molecule has 19 heavy (non-hydrogen) atoms. The molecule has 0 amide bonds. The average molecular weight is 267 g/mol. The summed E-state index contributed by atoms with van der Waals surface area (Å²) in [5, 5.41) is 9.12. The van der Waals surface area contributed by atoms with Crippen molar-refractivity contribution < 1.29 is 9.90 Å². The highest BCUT2D eigenvalue weighted by Crippen LogP contribution is 2.39. The molecule has 0 spiro atoms. The topological polar surface area (TPSA) is 40.5 Å². The van der Waals surface area contributed by atoms with Crippen molar-refractivity contribution in [3.8, 4) is 0 Å². The summed E-state index contributed by atoms with van der Waals surface area (Å²) < 4.78 is 0. The number of nitrogens with zero attached hydrogens (tertiary/aromatic N) is 1. The molecule has 3 nitrogen and oxygen atoms in total. The Labute approximate surface area is 117 Å². The van der Waals surface area contributed by atoms with Crippen LogP contribution in [0, 0.1) is 11.3 Å². The molecule has 110 valence electrons. The molecule has 0 radical (unpaired) electrons. The molecule has 1 N–H and O–H groups in total. The zero-order valence-electron chi connectivity index (χ0n) is 12.5. The van der Waals surface area contributed by atoms with Gasteiger partial charge in [-0.25, -0.2) is 0 Å². The van der Waals surface area contributed by atoms with E-state index in [1.54, 1.807) is 0 Å². The van der Waals surface area contributed by atoms with Crippen LogP contribution in [0.5, 0.6) is 0 Å². The zero-order chi connectivity index (χ0) is 13.9. The van der Waals surface area contributed by atoms with E-state index in [4.69, 9.17) is 5.11 Å². The average Bonchev–Trinajstić information content (AvgIpc) is 2.60. The minimum atomic E-state index is -0.638. The molecule has 0 aromatic heterocycles. The van der Waals surface area contributed by atoms with E-state index >= 15 is 0 Å². The summed E-state index contributed by atoms with van der Waals surface area (Å²) >= 11 is 0. The third kappa shape index (κ3) is 3.95. The minimum absolute atomic E-state index is 0.180. The zero-order valence-corrected chi connectivity index (χ0v) is 12.5. The molecule has 0 bridgehead atoms. The third-order valence-corrected chi connectivity index (χ3v) is 5.37. The quantitative estimate of drug-likeness (QED) is 0.795. The second-order valence-electron chi connectivity index (χ2n) is 7.17. The second kappa shape index (κ2) is 6.25. The van der Waals surface area contributed by atoms with Gasteiger partial charge in [-0.15, -0.1) is 0 Å². The normalized spacial score (nSPS) is 29.9. The van der Waals surface area contributed by atoms with Gasteiger partial charge in [0.25, 0.3) is 0 Å². The molecular formula is C16H29NO2. The lowest BCUT2D eigenvalue weighted by Gasteiger charge is -2.46. The number of rotatable bonds is 3. The number of aliphatic carboxylic acids is 1. The van der Waals surface area contributed by atoms with Crippen LogP contribution in [0.3, 0.4) is 0 Å². The minimum Gasteiger partial charge on any atom is -0.481 e. The van der Waals surface area contributed by atoms with Crippen LogP contribution in [0.4, 0.5) is 0 Å². The van der Waals surface area contributed by atoms with Crippen LogP contribution >= 0.6 is 0 Å².